The molecule has 0 aliphatic carbocycles. The normalized spacial score (nSPS) is 12.1. The second-order valence-electron chi connectivity index (χ2n) is 7.51. The molecule has 0 saturated carbocycles. The summed E-state index contributed by atoms with van der Waals surface area (Å²) in [5.74, 6) is 1.42. The van der Waals surface area contributed by atoms with Gasteiger partial charge in [0.1, 0.15) is 6.04 Å². The van der Waals surface area contributed by atoms with Crippen molar-refractivity contribution in [2.45, 2.75) is 10.8 Å². The third-order valence-corrected chi connectivity index (χ3v) is 8.45. The van der Waals surface area contributed by atoms with Crippen molar-refractivity contribution in [3.63, 3.8) is 0 Å². The van der Waals surface area contributed by atoms with E-state index in [2.05, 4.69) is 90.7 Å². The molecule has 34 heavy (non-hydrogen) atoms. The number of thiol groups is 1. The van der Waals surface area contributed by atoms with E-state index < -0.39 is 12.0 Å². The summed E-state index contributed by atoms with van der Waals surface area (Å²) in [5, 5.41) is 2.68. The molecule has 7 heteroatoms. The lowest BCUT2D eigenvalue weighted by molar-refractivity contribution is -0.144. The van der Waals surface area contributed by atoms with Gasteiger partial charge < -0.3 is 10.1 Å². The Balaban J connectivity index is 1.74. The van der Waals surface area contributed by atoms with Gasteiger partial charge in [-0.1, -0.05) is 91.0 Å². The third-order valence-electron chi connectivity index (χ3n) is 5.32. The molecule has 0 heterocycles. The minimum absolute atomic E-state index is 0.195. The third kappa shape index (κ3) is 6.62. The van der Waals surface area contributed by atoms with Gasteiger partial charge in [-0.2, -0.15) is 24.4 Å². The SMILES string of the molecule is COC(=O)[C@H](CS)NC(=O)CSCCSC(c1ccccc1)(c1ccccc1)c1ccccc1. The van der Waals surface area contributed by atoms with E-state index in [-0.39, 0.29) is 22.2 Å². The Morgan fingerprint density at radius 3 is 1.74 bits per heavy atom. The quantitative estimate of drug-likeness (QED) is 0.155. The number of hydrogen-bond acceptors (Lipinski definition) is 6. The summed E-state index contributed by atoms with van der Waals surface area (Å²) in [6.07, 6.45) is 0. The number of carbonyl (C=O) groups is 2. The molecule has 0 aliphatic rings. The molecule has 0 radical (unpaired) electrons. The highest BCUT2D eigenvalue weighted by molar-refractivity contribution is 8.03. The summed E-state index contributed by atoms with van der Waals surface area (Å²) in [7, 11) is 1.30. The van der Waals surface area contributed by atoms with Crippen LogP contribution in [0.5, 0.6) is 0 Å². The van der Waals surface area contributed by atoms with Crippen LogP contribution in [-0.4, -0.2) is 48.0 Å². The van der Waals surface area contributed by atoms with Crippen LogP contribution in [0.2, 0.25) is 0 Å². The van der Waals surface area contributed by atoms with E-state index in [0.29, 0.717) is 0 Å². The number of esters is 1. The van der Waals surface area contributed by atoms with Crippen LogP contribution < -0.4 is 5.32 Å². The summed E-state index contributed by atoms with van der Waals surface area (Å²) >= 11 is 7.54. The van der Waals surface area contributed by atoms with Crippen molar-refractivity contribution in [2.24, 2.45) is 0 Å². The second-order valence-corrected chi connectivity index (χ2v) is 10.3. The van der Waals surface area contributed by atoms with Crippen molar-refractivity contribution in [3.8, 4) is 0 Å². The molecule has 0 bridgehead atoms. The van der Waals surface area contributed by atoms with Crippen LogP contribution in [0, 0.1) is 0 Å². The largest absolute Gasteiger partial charge is 0.467 e. The van der Waals surface area contributed by atoms with Crippen LogP contribution in [0.25, 0.3) is 0 Å². The Morgan fingerprint density at radius 1 is 0.853 bits per heavy atom. The van der Waals surface area contributed by atoms with Gasteiger partial charge >= 0.3 is 5.97 Å². The first-order valence-electron chi connectivity index (χ1n) is 11.0. The molecule has 0 aromatic heterocycles. The molecular formula is C27H29NO3S3. The zero-order chi connectivity index (χ0) is 24.2. The lowest BCUT2D eigenvalue weighted by atomic mass is 9.84. The van der Waals surface area contributed by atoms with Crippen molar-refractivity contribution in [1.29, 1.82) is 0 Å². The average Bonchev–Trinajstić information content (AvgIpc) is 2.90. The summed E-state index contributed by atoms with van der Waals surface area (Å²) in [6, 6.07) is 30.9. The zero-order valence-electron chi connectivity index (χ0n) is 19.1. The summed E-state index contributed by atoms with van der Waals surface area (Å²) in [5.41, 5.74) is 3.65. The number of thioether (sulfide) groups is 2. The number of benzene rings is 3. The average molecular weight is 512 g/mol. The van der Waals surface area contributed by atoms with Crippen molar-refractivity contribution in [2.75, 3.05) is 30.1 Å². The van der Waals surface area contributed by atoms with E-state index in [9.17, 15) is 9.59 Å². The predicted molar refractivity (Wildman–Crippen MR) is 147 cm³/mol. The Morgan fingerprint density at radius 2 is 1.32 bits per heavy atom. The maximum absolute atomic E-state index is 12.3. The topological polar surface area (TPSA) is 55.4 Å². The molecule has 3 aromatic carbocycles. The molecule has 178 valence electrons. The molecule has 3 aromatic rings. The summed E-state index contributed by atoms with van der Waals surface area (Å²) in [6.45, 7) is 0. The molecule has 1 atom stereocenters. The first-order chi connectivity index (χ1) is 16.6. The molecule has 0 unspecified atom stereocenters. The number of carbonyl (C=O) groups excluding carboxylic acids is 2. The first kappa shape index (κ1) is 26.3. The van der Waals surface area contributed by atoms with E-state index in [0.717, 1.165) is 11.5 Å². The fourth-order valence-corrected chi connectivity index (χ4v) is 6.42. The van der Waals surface area contributed by atoms with Gasteiger partial charge in [0.2, 0.25) is 5.91 Å². The van der Waals surface area contributed by atoms with Gasteiger partial charge in [0, 0.05) is 17.3 Å². The van der Waals surface area contributed by atoms with Crippen LogP contribution >= 0.6 is 36.2 Å². The van der Waals surface area contributed by atoms with Crippen LogP contribution in [-0.2, 0) is 19.1 Å². The van der Waals surface area contributed by atoms with Gasteiger partial charge in [0.25, 0.3) is 0 Å². The van der Waals surface area contributed by atoms with Gasteiger partial charge in [0.05, 0.1) is 17.6 Å². The lowest BCUT2D eigenvalue weighted by Gasteiger charge is -2.35. The van der Waals surface area contributed by atoms with Crippen LogP contribution in [0.4, 0.5) is 0 Å². The smallest absolute Gasteiger partial charge is 0.329 e. The maximum atomic E-state index is 12.3. The standard InChI is InChI=1S/C27H29NO3S3/c1-31-26(30)24(19-32)28-25(29)20-33-17-18-34-27(21-11-5-2-6-12-21,22-13-7-3-8-14-22)23-15-9-4-10-16-23/h2-16,24,32H,17-20H2,1H3,(H,28,29)/t24-/m0/s1. The van der Waals surface area contributed by atoms with E-state index in [1.807, 2.05) is 30.0 Å². The van der Waals surface area contributed by atoms with Gasteiger partial charge in [-0.15, -0.1) is 11.8 Å². The Kier molecular flexibility index (Phi) is 10.4. The molecule has 0 fully saturated rings. The summed E-state index contributed by atoms with van der Waals surface area (Å²) in [4.78, 5) is 24.0. The molecule has 1 N–H and O–H groups in total. The fourth-order valence-electron chi connectivity index (χ4n) is 3.74. The number of methoxy groups -OCH3 is 1. The number of amides is 1. The zero-order valence-corrected chi connectivity index (χ0v) is 21.6. The van der Waals surface area contributed by atoms with Crippen molar-refractivity contribution in [1.82, 2.24) is 5.32 Å². The molecule has 0 aliphatic heterocycles. The highest BCUT2D eigenvalue weighted by Gasteiger charge is 2.36. The van der Waals surface area contributed by atoms with E-state index in [1.54, 1.807) is 11.8 Å². The Labute approximate surface area is 215 Å². The van der Waals surface area contributed by atoms with Crippen molar-refractivity contribution >= 4 is 48.0 Å². The molecule has 0 saturated heterocycles. The van der Waals surface area contributed by atoms with Crippen LogP contribution in [0.15, 0.2) is 91.0 Å². The minimum Gasteiger partial charge on any atom is -0.467 e. The van der Waals surface area contributed by atoms with Gasteiger partial charge in [-0.25, -0.2) is 4.79 Å². The fraction of sp³-hybridized carbons (Fsp3) is 0.259. The highest BCUT2D eigenvalue weighted by atomic mass is 32.2. The van der Waals surface area contributed by atoms with Crippen molar-refractivity contribution in [3.05, 3.63) is 108 Å². The Bertz CT molecular complexity index is 936. The van der Waals surface area contributed by atoms with E-state index in [1.165, 1.54) is 23.8 Å². The van der Waals surface area contributed by atoms with Gasteiger partial charge in [0.15, 0.2) is 0 Å². The van der Waals surface area contributed by atoms with E-state index >= 15 is 0 Å². The number of hydrogen-bond donors (Lipinski definition) is 2. The maximum Gasteiger partial charge on any atom is 0.329 e. The predicted octanol–water partition coefficient (Wildman–Crippen LogP) is 5.03. The van der Waals surface area contributed by atoms with Crippen molar-refractivity contribution < 1.29 is 14.3 Å². The Hall–Kier alpha value is -2.35. The molecule has 0 spiro atoms. The second kappa shape index (κ2) is 13.5. The molecular weight excluding hydrogens is 483 g/mol. The molecule has 3 rings (SSSR count). The summed E-state index contributed by atoms with van der Waals surface area (Å²) < 4.78 is 4.33. The molecule has 1 amide bonds. The number of rotatable bonds is 12. The first-order valence-corrected chi connectivity index (χ1v) is 13.8. The van der Waals surface area contributed by atoms with E-state index in [4.69, 9.17) is 4.74 Å². The number of ether oxygens (including phenoxy) is 1. The monoisotopic (exact) mass is 511 g/mol. The lowest BCUT2D eigenvalue weighted by Crippen LogP contribution is -2.43. The molecule has 4 nitrogen and oxygen atoms in total. The highest BCUT2D eigenvalue weighted by Crippen LogP contribution is 2.48. The van der Waals surface area contributed by atoms with Gasteiger partial charge in [-0.3, -0.25) is 4.79 Å². The van der Waals surface area contributed by atoms with Crippen LogP contribution in [0.3, 0.4) is 0 Å². The van der Waals surface area contributed by atoms with Gasteiger partial charge in [-0.05, 0) is 16.7 Å². The van der Waals surface area contributed by atoms with Crippen LogP contribution in [0.1, 0.15) is 16.7 Å². The number of nitrogens with one attached hydrogen (secondary N) is 1. The minimum atomic E-state index is -0.724.